The molecule has 0 unspecified atom stereocenters. The molecule has 0 saturated heterocycles. The molecule has 0 fully saturated rings. The molecule has 0 aliphatic rings. The van der Waals surface area contributed by atoms with Crippen molar-refractivity contribution in [1.29, 1.82) is 0 Å². The first-order valence-corrected chi connectivity index (χ1v) is 4.05. The Kier molecular flexibility index (Phi) is 23.4. The summed E-state index contributed by atoms with van der Waals surface area (Å²) in [5.74, 6) is 0. The van der Waals surface area contributed by atoms with Crippen molar-refractivity contribution in [2.75, 3.05) is 0 Å². The molecule has 0 bridgehead atoms. The van der Waals surface area contributed by atoms with E-state index in [1.807, 2.05) is 0 Å². The van der Waals surface area contributed by atoms with Crippen molar-refractivity contribution in [3.63, 3.8) is 0 Å². The molecule has 0 aromatic heterocycles. The van der Waals surface area contributed by atoms with E-state index >= 15 is 0 Å². The van der Waals surface area contributed by atoms with Gasteiger partial charge in [-0.15, -0.1) is 0 Å². The van der Waals surface area contributed by atoms with Crippen LogP contribution in [0, 0.1) is 0 Å². The van der Waals surface area contributed by atoms with Gasteiger partial charge in [0.15, 0.2) is 17.4 Å². The third kappa shape index (κ3) is 594. The molecule has 0 aromatic rings. The molecule has 0 saturated carbocycles. The summed E-state index contributed by atoms with van der Waals surface area (Å²) in [5, 5.41) is 0. The van der Waals surface area contributed by atoms with Gasteiger partial charge in [-0.2, -0.15) is 8.42 Å². The summed E-state index contributed by atoms with van der Waals surface area (Å²) in [6.45, 7) is 0. The van der Waals surface area contributed by atoms with Gasteiger partial charge in [0.2, 0.25) is 0 Å². The van der Waals surface area contributed by atoms with Crippen LogP contribution in [0.4, 0.5) is 0 Å². The number of rotatable bonds is 0. The zero-order chi connectivity index (χ0) is 8.08. The van der Waals surface area contributed by atoms with Gasteiger partial charge in [-0.05, 0) is 0 Å². The van der Waals surface area contributed by atoms with Crippen molar-refractivity contribution in [2.24, 2.45) is 0 Å². The van der Waals surface area contributed by atoms with Crippen LogP contribution >= 0.6 is 0 Å². The third-order valence-electron chi connectivity index (χ3n) is 0. The first-order chi connectivity index (χ1) is 3.73. The Balaban J connectivity index is -0.0000000146. The van der Waals surface area contributed by atoms with Crippen LogP contribution in [-0.4, -0.2) is 91.4 Å². The van der Waals surface area contributed by atoms with Crippen molar-refractivity contribution < 1.29 is 34.4 Å². The minimum absolute atomic E-state index is 0. The van der Waals surface area contributed by atoms with Gasteiger partial charge in [0.25, 0.3) is 0 Å². The molecule has 0 amide bonds. The molecule has 0 aliphatic carbocycles. The zero-order valence-corrected chi connectivity index (χ0v) is 8.65. The van der Waals surface area contributed by atoms with E-state index in [4.69, 9.17) is 31.6 Å². The van der Waals surface area contributed by atoms with Gasteiger partial charge in [0.1, 0.15) is 0 Å². The van der Waals surface area contributed by atoms with Gasteiger partial charge < -0.3 is 12.4 Å². The predicted octanol–water partition coefficient (Wildman–Crippen LogP) is -3.61. The smallest absolute Gasteiger partial charge is 1.00 e. The van der Waals surface area contributed by atoms with Gasteiger partial charge in [-0.1, -0.05) is 0 Å². The molecule has 7 nitrogen and oxygen atoms in total. The van der Waals surface area contributed by atoms with E-state index in [0.29, 0.717) is 0 Å². The number of hydrogen-bond acceptors (Lipinski definition) is 3. The van der Waals surface area contributed by atoms with Gasteiger partial charge in [0.05, 0.1) is 0 Å². The first-order valence-electron chi connectivity index (χ1n) is 1.35. The van der Waals surface area contributed by atoms with E-state index in [-0.39, 0.29) is 58.0 Å². The SMILES string of the molecule is O=S(=O)(O)O.O=[Si](O)O.[AlH3].[Ca+2].[H-].[H-]. The van der Waals surface area contributed by atoms with Crippen LogP contribution in [0.3, 0.4) is 0 Å². The van der Waals surface area contributed by atoms with Crippen LogP contribution in [0.25, 0.3) is 0 Å². The Hall–Kier alpha value is 1.28. The Morgan fingerprint density at radius 1 is 1.18 bits per heavy atom. The molecule has 66 valence electrons. The average Bonchev–Trinajstić information content (AvgIpc) is 1.19. The minimum atomic E-state index is -4.67. The van der Waals surface area contributed by atoms with E-state index in [2.05, 4.69) is 0 Å². The first kappa shape index (κ1) is 22.8. The summed E-state index contributed by atoms with van der Waals surface area (Å²) in [5.41, 5.74) is 0. The summed E-state index contributed by atoms with van der Waals surface area (Å²) in [4.78, 5) is 14.3. The summed E-state index contributed by atoms with van der Waals surface area (Å²) in [6, 6.07) is 0. The van der Waals surface area contributed by atoms with E-state index < -0.39 is 19.6 Å². The Bertz CT molecular complexity index is 169. The quantitative estimate of drug-likeness (QED) is 0.257. The summed E-state index contributed by atoms with van der Waals surface area (Å²) in [6.07, 6.45) is 0. The largest absolute Gasteiger partial charge is 2.00 e. The van der Waals surface area contributed by atoms with Crippen molar-refractivity contribution in [3.05, 3.63) is 0 Å². The molecule has 0 aliphatic heterocycles. The maximum absolute atomic E-state index is 8.74. The van der Waals surface area contributed by atoms with Crippen molar-refractivity contribution in [1.82, 2.24) is 0 Å². The second kappa shape index (κ2) is 11.3. The van der Waals surface area contributed by atoms with E-state index in [1.165, 1.54) is 0 Å². The van der Waals surface area contributed by atoms with E-state index in [0.717, 1.165) is 0 Å². The van der Waals surface area contributed by atoms with Crippen molar-refractivity contribution >= 4 is 74.7 Å². The maximum atomic E-state index is 8.74. The minimum Gasteiger partial charge on any atom is -1.00 e. The summed E-state index contributed by atoms with van der Waals surface area (Å²) < 4.78 is 40.3. The van der Waals surface area contributed by atoms with Gasteiger partial charge in [-0.3, -0.25) is 13.6 Å². The predicted molar refractivity (Wildman–Crippen MR) is 43.0 cm³/mol. The molecular weight excluding hydrogens is 239 g/mol. The molecular formula is H9AlCaO7SSi. The standard InChI is InChI=1S/Al.Ca.H2O4S.H2O3Si.5H/c;;1-5(2,3)4;1-4(2)3;;;;;/h;;(H2,1,2,3,4);1-2H;;;;;/q;+2;;;;;;2*-1. The van der Waals surface area contributed by atoms with Crippen LogP contribution in [-0.2, 0) is 14.9 Å². The molecule has 0 atom stereocenters. The van der Waals surface area contributed by atoms with Gasteiger partial charge >= 0.3 is 57.3 Å². The average molecular weight is 248 g/mol. The zero-order valence-electron chi connectivity index (χ0n) is 6.63. The monoisotopic (exact) mass is 248 g/mol. The molecule has 0 spiro atoms. The Morgan fingerprint density at radius 2 is 1.18 bits per heavy atom. The van der Waals surface area contributed by atoms with E-state index in [1.54, 1.807) is 0 Å². The maximum Gasteiger partial charge on any atom is 2.00 e. The van der Waals surface area contributed by atoms with Crippen LogP contribution in [0.15, 0.2) is 0 Å². The topological polar surface area (TPSA) is 132 Å². The van der Waals surface area contributed by atoms with Crippen molar-refractivity contribution in [2.45, 2.75) is 0 Å². The fourth-order valence-electron chi connectivity index (χ4n) is 0. The summed E-state index contributed by atoms with van der Waals surface area (Å²) in [7, 11) is -7.80. The van der Waals surface area contributed by atoms with Gasteiger partial charge in [-0.25, -0.2) is 0 Å². The summed E-state index contributed by atoms with van der Waals surface area (Å²) >= 11 is 0. The molecule has 0 aromatic carbocycles. The Morgan fingerprint density at radius 3 is 1.18 bits per heavy atom. The third-order valence-corrected chi connectivity index (χ3v) is 0. The normalized spacial score (nSPS) is 7.45. The Labute approximate surface area is 108 Å². The van der Waals surface area contributed by atoms with Crippen LogP contribution in [0.1, 0.15) is 2.85 Å². The fraction of sp³-hybridized carbons (Fsp3) is 0. The van der Waals surface area contributed by atoms with Gasteiger partial charge in [0, 0.05) is 0 Å². The van der Waals surface area contributed by atoms with E-state index in [9.17, 15) is 0 Å². The van der Waals surface area contributed by atoms with Crippen LogP contribution in [0.5, 0.6) is 0 Å². The van der Waals surface area contributed by atoms with Crippen molar-refractivity contribution in [3.8, 4) is 0 Å². The molecule has 4 N–H and O–H groups in total. The molecule has 0 heterocycles. The molecule has 0 radical (unpaired) electrons. The van der Waals surface area contributed by atoms with Crippen LogP contribution < -0.4 is 0 Å². The van der Waals surface area contributed by atoms with Crippen LogP contribution in [0.2, 0.25) is 0 Å². The number of hydrogen-bond donors (Lipinski definition) is 4. The molecule has 11 heteroatoms. The molecule has 0 rings (SSSR count). The fourth-order valence-corrected chi connectivity index (χ4v) is 0. The molecule has 11 heavy (non-hydrogen) atoms. The second-order valence-corrected chi connectivity index (χ2v) is 2.19. The second-order valence-electron chi connectivity index (χ2n) is 0.730.